The number of anilines is 1. The van der Waals surface area contributed by atoms with Crippen LogP contribution in [0.4, 0.5) is 5.69 Å². The Morgan fingerprint density at radius 2 is 1.79 bits per heavy atom. The van der Waals surface area contributed by atoms with Gasteiger partial charge in [-0.25, -0.2) is 0 Å². The molecule has 0 saturated carbocycles. The van der Waals surface area contributed by atoms with Crippen molar-refractivity contribution < 1.29 is 9.53 Å². The van der Waals surface area contributed by atoms with Gasteiger partial charge in [0.2, 0.25) is 5.91 Å². The number of carbonyl (C=O) groups excluding carboxylic acids is 1. The van der Waals surface area contributed by atoms with Gasteiger partial charge in [-0.15, -0.1) is 0 Å². The van der Waals surface area contributed by atoms with Crippen LogP contribution in [0.25, 0.3) is 0 Å². The number of nitrogens with zero attached hydrogens (tertiary/aromatic N) is 2. The number of carbonyl (C=O) groups is 1. The molecule has 1 aliphatic heterocycles. The lowest BCUT2D eigenvalue weighted by Crippen LogP contribution is -2.33. The molecule has 0 unspecified atom stereocenters. The highest BCUT2D eigenvalue weighted by molar-refractivity contribution is 5.92. The molecule has 1 aromatic heterocycles. The first-order chi connectivity index (χ1) is 13.7. The predicted molar refractivity (Wildman–Crippen MR) is 111 cm³/mol. The number of hydrogen-bond donors (Lipinski definition) is 1. The SMILES string of the molecule is Cn1cccc1[C@@H]1CCCN1CC(=O)Nc1ccc(Oc2ccccc2)cc1. The molecule has 1 saturated heterocycles. The number of para-hydroxylation sites is 1. The standard InChI is InChI=1S/C23H25N3O2/c1-25-15-5-9-21(25)22-10-6-16-26(22)17-23(27)24-18-11-13-20(14-12-18)28-19-7-3-2-4-8-19/h2-5,7-9,11-15,22H,6,10,16-17H2,1H3,(H,24,27)/t22-/m0/s1. The molecule has 5 heteroatoms. The van der Waals surface area contributed by atoms with Gasteiger partial charge in [0.05, 0.1) is 12.6 Å². The summed E-state index contributed by atoms with van der Waals surface area (Å²) in [6.45, 7) is 1.35. The number of hydrogen-bond acceptors (Lipinski definition) is 3. The maximum absolute atomic E-state index is 12.6. The summed E-state index contributed by atoms with van der Waals surface area (Å²) < 4.78 is 7.93. The Labute approximate surface area is 165 Å². The van der Waals surface area contributed by atoms with Gasteiger partial charge in [-0.3, -0.25) is 9.69 Å². The number of amides is 1. The van der Waals surface area contributed by atoms with Gasteiger partial charge in [0.25, 0.3) is 0 Å². The zero-order chi connectivity index (χ0) is 19.3. The summed E-state index contributed by atoms with van der Waals surface area (Å²) in [5.74, 6) is 1.55. The summed E-state index contributed by atoms with van der Waals surface area (Å²) in [6, 6.07) is 21.6. The molecule has 1 N–H and O–H groups in total. The van der Waals surface area contributed by atoms with Crippen LogP contribution in [-0.2, 0) is 11.8 Å². The molecule has 144 valence electrons. The fraction of sp³-hybridized carbons (Fsp3) is 0.261. The van der Waals surface area contributed by atoms with Crippen molar-refractivity contribution in [3.8, 4) is 11.5 Å². The summed E-state index contributed by atoms with van der Waals surface area (Å²) in [5, 5.41) is 3.00. The van der Waals surface area contributed by atoms with Gasteiger partial charge in [0.15, 0.2) is 0 Å². The Balaban J connectivity index is 1.34. The van der Waals surface area contributed by atoms with E-state index in [4.69, 9.17) is 4.74 Å². The van der Waals surface area contributed by atoms with Crippen LogP contribution < -0.4 is 10.1 Å². The third kappa shape index (κ3) is 4.26. The normalized spacial score (nSPS) is 16.8. The second-order valence-electron chi connectivity index (χ2n) is 7.16. The average Bonchev–Trinajstić information content (AvgIpc) is 3.32. The lowest BCUT2D eigenvalue weighted by atomic mass is 10.1. The van der Waals surface area contributed by atoms with Crippen LogP contribution in [0.1, 0.15) is 24.6 Å². The number of benzene rings is 2. The van der Waals surface area contributed by atoms with Crippen molar-refractivity contribution in [1.29, 1.82) is 0 Å². The predicted octanol–water partition coefficient (Wildman–Crippen LogP) is 4.59. The molecule has 1 atom stereocenters. The summed E-state index contributed by atoms with van der Waals surface area (Å²) >= 11 is 0. The van der Waals surface area contributed by atoms with Gasteiger partial charge in [-0.1, -0.05) is 18.2 Å². The zero-order valence-corrected chi connectivity index (χ0v) is 16.0. The molecule has 4 rings (SSSR count). The molecule has 1 aliphatic rings. The van der Waals surface area contributed by atoms with Gasteiger partial charge >= 0.3 is 0 Å². The first-order valence-corrected chi connectivity index (χ1v) is 9.67. The Morgan fingerprint density at radius 1 is 1.04 bits per heavy atom. The third-order valence-electron chi connectivity index (χ3n) is 5.15. The fourth-order valence-electron chi connectivity index (χ4n) is 3.79. The van der Waals surface area contributed by atoms with Crippen LogP contribution in [0.5, 0.6) is 11.5 Å². The summed E-state index contributed by atoms with van der Waals surface area (Å²) in [4.78, 5) is 14.8. The van der Waals surface area contributed by atoms with Crippen molar-refractivity contribution in [1.82, 2.24) is 9.47 Å². The number of aromatic nitrogens is 1. The monoisotopic (exact) mass is 375 g/mol. The summed E-state index contributed by atoms with van der Waals surface area (Å²) in [6.07, 6.45) is 4.27. The van der Waals surface area contributed by atoms with Crippen LogP contribution in [0.2, 0.25) is 0 Å². The highest BCUT2D eigenvalue weighted by atomic mass is 16.5. The van der Waals surface area contributed by atoms with Crippen molar-refractivity contribution in [2.45, 2.75) is 18.9 Å². The maximum Gasteiger partial charge on any atom is 0.238 e. The minimum atomic E-state index is 0.0119. The molecule has 2 heterocycles. The van der Waals surface area contributed by atoms with E-state index in [0.29, 0.717) is 12.6 Å². The summed E-state index contributed by atoms with van der Waals surface area (Å²) in [7, 11) is 2.06. The van der Waals surface area contributed by atoms with Crippen molar-refractivity contribution >= 4 is 11.6 Å². The van der Waals surface area contributed by atoms with Crippen LogP contribution in [0.15, 0.2) is 72.9 Å². The van der Waals surface area contributed by atoms with Crippen LogP contribution in [0, 0.1) is 0 Å². The Morgan fingerprint density at radius 3 is 2.50 bits per heavy atom. The van der Waals surface area contributed by atoms with E-state index < -0.39 is 0 Å². The van der Waals surface area contributed by atoms with Crippen LogP contribution >= 0.6 is 0 Å². The highest BCUT2D eigenvalue weighted by Crippen LogP contribution is 2.31. The molecule has 28 heavy (non-hydrogen) atoms. The molecule has 2 aromatic carbocycles. The molecule has 0 bridgehead atoms. The number of likely N-dealkylation sites (tertiary alicyclic amines) is 1. The van der Waals surface area contributed by atoms with E-state index >= 15 is 0 Å². The third-order valence-corrected chi connectivity index (χ3v) is 5.15. The van der Waals surface area contributed by atoms with E-state index in [0.717, 1.165) is 36.6 Å². The molecule has 0 radical (unpaired) electrons. The smallest absolute Gasteiger partial charge is 0.238 e. The molecule has 3 aromatic rings. The molecule has 1 amide bonds. The van der Waals surface area contributed by atoms with E-state index in [-0.39, 0.29) is 5.91 Å². The van der Waals surface area contributed by atoms with Crippen molar-refractivity contribution in [2.75, 3.05) is 18.4 Å². The van der Waals surface area contributed by atoms with Crippen molar-refractivity contribution in [2.24, 2.45) is 7.05 Å². The van der Waals surface area contributed by atoms with E-state index in [1.54, 1.807) is 0 Å². The lowest BCUT2D eigenvalue weighted by molar-refractivity contribution is -0.117. The largest absolute Gasteiger partial charge is 0.457 e. The van der Waals surface area contributed by atoms with Gasteiger partial charge in [-0.05, 0) is 67.9 Å². The Kier molecular flexibility index (Phi) is 5.44. The van der Waals surface area contributed by atoms with Crippen molar-refractivity contribution in [3.63, 3.8) is 0 Å². The molecular weight excluding hydrogens is 350 g/mol. The van der Waals surface area contributed by atoms with E-state index in [1.165, 1.54) is 5.69 Å². The average molecular weight is 375 g/mol. The van der Waals surface area contributed by atoms with E-state index in [2.05, 4.69) is 40.2 Å². The van der Waals surface area contributed by atoms with Crippen LogP contribution in [-0.4, -0.2) is 28.5 Å². The second-order valence-corrected chi connectivity index (χ2v) is 7.16. The molecule has 1 fully saturated rings. The summed E-state index contributed by atoms with van der Waals surface area (Å²) in [5.41, 5.74) is 2.05. The van der Waals surface area contributed by atoms with Gasteiger partial charge in [-0.2, -0.15) is 0 Å². The first kappa shape index (κ1) is 18.3. The van der Waals surface area contributed by atoms with Gasteiger partial charge < -0.3 is 14.6 Å². The quantitative estimate of drug-likeness (QED) is 0.685. The number of aryl methyl sites for hydroxylation is 1. The number of rotatable bonds is 6. The molecule has 0 spiro atoms. The van der Waals surface area contributed by atoms with Gasteiger partial charge in [0.1, 0.15) is 11.5 Å². The van der Waals surface area contributed by atoms with Crippen LogP contribution in [0.3, 0.4) is 0 Å². The van der Waals surface area contributed by atoms with Gasteiger partial charge in [0, 0.05) is 24.6 Å². The second kappa shape index (κ2) is 8.31. The minimum absolute atomic E-state index is 0.0119. The fourth-order valence-corrected chi connectivity index (χ4v) is 3.79. The number of nitrogens with one attached hydrogen (secondary N) is 1. The maximum atomic E-state index is 12.6. The molecular formula is C23H25N3O2. The topological polar surface area (TPSA) is 46.5 Å². The highest BCUT2D eigenvalue weighted by Gasteiger charge is 2.28. The molecule has 5 nitrogen and oxygen atoms in total. The number of ether oxygens (including phenoxy) is 1. The molecule has 0 aliphatic carbocycles. The zero-order valence-electron chi connectivity index (χ0n) is 16.0. The first-order valence-electron chi connectivity index (χ1n) is 9.67. The lowest BCUT2D eigenvalue weighted by Gasteiger charge is -2.24. The minimum Gasteiger partial charge on any atom is -0.457 e. The van der Waals surface area contributed by atoms with Crippen molar-refractivity contribution in [3.05, 3.63) is 78.6 Å². The Bertz CT molecular complexity index is 919. The van der Waals surface area contributed by atoms with E-state index in [1.807, 2.05) is 54.6 Å². The Hall–Kier alpha value is -3.05. The van der Waals surface area contributed by atoms with E-state index in [9.17, 15) is 4.79 Å².